The summed E-state index contributed by atoms with van der Waals surface area (Å²) in [5, 5.41) is 9.20. The Morgan fingerprint density at radius 2 is 2.00 bits per heavy atom. The van der Waals surface area contributed by atoms with Crippen molar-refractivity contribution in [3.05, 3.63) is 0 Å². The van der Waals surface area contributed by atoms with E-state index in [9.17, 15) is 0 Å². The Morgan fingerprint density at radius 3 is 2.56 bits per heavy atom. The van der Waals surface area contributed by atoms with Gasteiger partial charge in [-0.15, -0.1) is 0 Å². The first-order valence-corrected chi connectivity index (χ1v) is 10.1. The molecular formula is C14H30O3Si. The molecule has 108 valence electrons. The summed E-state index contributed by atoms with van der Waals surface area (Å²) in [6.07, 6.45) is 4.32. The molecule has 0 aliphatic carbocycles. The maximum atomic E-state index is 8.96. The summed E-state index contributed by atoms with van der Waals surface area (Å²) < 4.78 is 12.3. The van der Waals surface area contributed by atoms with Crippen LogP contribution in [-0.2, 0) is 9.16 Å². The lowest BCUT2D eigenvalue weighted by atomic mass is 10.0. The van der Waals surface area contributed by atoms with Crippen LogP contribution in [0.5, 0.6) is 0 Å². The highest BCUT2D eigenvalue weighted by molar-refractivity contribution is 6.74. The first-order valence-electron chi connectivity index (χ1n) is 7.18. The maximum Gasteiger partial charge on any atom is 0.192 e. The molecule has 0 bridgehead atoms. The van der Waals surface area contributed by atoms with E-state index < -0.39 is 8.32 Å². The molecule has 1 rings (SSSR count). The summed E-state index contributed by atoms with van der Waals surface area (Å²) in [6.45, 7) is 12.5. The van der Waals surface area contributed by atoms with E-state index in [1.807, 2.05) is 0 Å². The third-order valence-corrected chi connectivity index (χ3v) is 8.78. The van der Waals surface area contributed by atoms with Gasteiger partial charge >= 0.3 is 0 Å². The van der Waals surface area contributed by atoms with Gasteiger partial charge in [0.2, 0.25) is 0 Å². The lowest BCUT2D eigenvalue weighted by Crippen LogP contribution is -2.49. The van der Waals surface area contributed by atoms with Crippen molar-refractivity contribution < 1.29 is 14.3 Å². The van der Waals surface area contributed by atoms with Gasteiger partial charge in [-0.1, -0.05) is 20.8 Å². The van der Waals surface area contributed by atoms with E-state index in [2.05, 4.69) is 33.9 Å². The maximum absolute atomic E-state index is 8.96. The lowest BCUT2D eigenvalue weighted by molar-refractivity contribution is -0.0726. The predicted molar refractivity (Wildman–Crippen MR) is 77.4 cm³/mol. The fourth-order valence-electron chi connectivity index (χ4n) is 2.06. The van der Waals surface area contributed by atoms with Gasteiger partial charge in [0.1, 0.15) is 0 Å². The molecule has 1 fully saturated rings. The summed E-state index contributed by atoms with van der Waals surface area (Å²) in [5.74, 6) is 0. The van der Waals surface area contributed by atoms with Gasteiger partial charge in [-0.2, -0.15) is 0 Å². The van der Waals surface area contributed by atoms with E-state index in [1.165, 1.54) is 0 Å². The minimum Gasteiger partial charge on any atom is -0.411 e. The fourth-order valence-corrected chi connectivity index (χ4v) is 3.44. The number of hydrogen-bond acceptors (Lipinski definition) is 3. The molecule has 0 unspecified atom stereocenters. The van der Waals surface area contributed by atoms with Gasteiger partial charge in [-0.05, 0) is 43.8 Å². The van der Waals surface area contributed by atoms with Crippen LogP contribution in [0.4, 0.5) is 0 Å². The molecule has 0 amide bonds. The van der Waals surface area contributed by atoms with Gasteiger partial charge in [-0.3, -0.25) is 0 Å². The highest BCUT2D eigenvalue weighted by Crippen LogP contribution is 2.39. The molecule has 1 saturated heterocycles. The van der Waals surface area contributed by atoms with E-state index in [0.29, 0.717) is 0 Å². The van der Waals surface area contributed by atoms with Crippen molar-refractivity contribution in [1.29, 1.82) is 0 Å². The highest BCUT2D eigenvalue weighted by atomic mass is 28.4. The number of aliphatic hydroxyl groups excluding tert-OH is 1. The Bertz CT molecular complexity index is 248. The molecule has 18 heavy (non-hydrogen) atoms. The van der Waals surface area contributed by atoms with E-state index in [4.69, 9.17) is 14.3 Å². The first-order chi connectivity index (χ1) is 8.28. The van der Waals surface area contributed by atoms with Gasteiger partial charge in [0.15, 0.2) is 8.32 Å². The topological polar surface area (TPSA) is 38.7 Å². The molecule has 4 heteroatoms. The number of hydrogen-bond donors (Lipinski definition) is 1. The summed E-state index contributed by atoms with van der Waals surface area (Å²) in [5.41, 5.74) is 0. The van der Waals surface area contributed by atoms with Gasteiger partial charge in [0.25, 0.3) is 0 Å². The Kier molecular flexibility index (Phi) is 5.84. The lowest BCUT2D eigenvalue weighted by Gasteiger charge is -2.43. The minimum absolute atomic E-state index is 0.181. The third kappa shape index (κ3) is 4.33. The average molecular weight is 274 g/mol. The monoisotopic (exact) mass is 274 g/mol. The van der Waals surface area contributed by atoms with Crippen LogP contribution in [0.3, 0.4) is 0 Å². The van der Waals surface area contributed by atoms with Crippen LogP contribution in [-0.4, -0.2) is 38.8 Å². The normalized spacial score (nSPS) is 26.3. The van der Waals surface area contributed by atoms with Crippen LogP contribution in [0, 0.1) is 0 Å². The van der Waals surface area contributed by atoms with Crippen LogP contribution >= 0.6 is 0 Å². The molecule has 1 N–H and O–H groups in total. The molecular weight excluding hydrogens is 244 g/mol. The van der Waals surface area contributed by atoms with Crippen molar-refractivity contribution >= 4 is 8.32 Å². The first kappa shape index (κ1) is 16.2. The van der Waals surface area contributed by atoms with Crippen LogP contribution in [0.2, 0.25) is 18.1 Å². The Morgan fingerprint density at radius 1 is 1.33 bits per heavy atom. The molecule has 0 aromatic rings. The molecule has 2 atom stereocenters. The molecule has 1 heterocycles. The van der Waals surface area contributed by atoms with E-state index in [0.717, 1.165) is 32.3 Å². The SMILES string of the molecule is CC(C)(C)[Si](C)(C)O[C@H]1CCCO[C@@H]1CCCO. The van der Waals surface area contributed by atoms with Crippen LogP contribution in [0.1, 0.15) is 46.5 Å². The summed E-state index contributed by atoms with van der Waals surface area (Å²) in [4.78, 5) is 0. The standard InChI is InChI=1S/C14H30O3Si/c1-14(2,3)18(4,5)17-13-9-7-11-16-12(13)8-6-10-15/h12-13,15H,6-11H2,1-5H3/t12-,13+/m1/s1. The third-order valence-electron chi connectivity index (χ3n) is 4.28. The van der Waals surface area contributed by atoms with Crippen molar-refractivity contribution in [3.8, 4) is 0 Å². The second-order valence-electron chi connectivity index (χ2n) is 6.83. The van der Waals surface area contributed by atoms with Crippen molar-refractivity contribution in [2.45, 2.75) is 76.8 Å². The van der Waals surface area contributed by atoms with E-state index in [-0.39, 0.29) is 23.9 Å². The number of ether oxygens (including phenoxy) is 1. The molecule has 0 saturated carbocycles. The fraction of sp³-hybridized carbons (Fsp3) is 1.00. The highest BCUT2D eigenvalue weighted by Gasteiger charge is 2.41. The van der Waals surface area contributed by atoms with Crippen molar-refractivity contribution in [2.24, 2.45) is 0 Å². The van der Waals surface area contributed by atoms with Crippen molar-refractivity contribution in [3.63, 3.8) is 0 Å². The molecule has 1 aliphatic heterocycles. The molecule has 3 nitrogen and oxygen atoms in total. The van der Waals surface area contributed by atoms with Crippen LogP contribution < -0.4 is 0 Å². The second kappa shape index (κ2) is 6.50. The van der Waals surface area contributed by atoms with Crippen molar-refractivity contribution in [1.82, 2.24) is 0 Å². The van der Waals surface area contributed by atoms with Crippen LogP contribution in [0.25, 0.3) is 0 Å². The van der Waals surface area contributed by atoms with E-state index >= 15 is 0 Å². The van der Waals surface area contributed by atoms with Crippen molar-refractivity contribution in [2.75, 3.05) is 13.2 Å². The molecule has 0 aromatic carbocycles. The zero-order valence-corrected chi connectivity index (χ0v) is 13.7. The van der Waals surface area contributed by atoms with Gasteiger partial charge in [0, 0.05) is 13.2 Å². The zero-order chi connectivity index (χ0) is 13.8. The van der Waals surface area contributed by atoms with Crippen LogP contribution in [0.15, 0.2) is 0 Å². The predicted octanol–water partition coefficient (Wildman–Crippen LogP) is 3.33. The quantitative estimate of drug-likeness (QED) is 0.782. The average Bonchev–Trinajstić information content (AvgIpc) is 2.26. The summed E-state index contributed by atoms with van der Waals surface area (Å²) >= 11 is 0. The van der Waals surface area contributed by atoms with Gasteiger partial charge < -0.3 is 14.3 Å². The summed E-state index contributed by atoms with van der Waals surface area (Å²) in [7, 11) is -1.72. The number of rotatable bonds is 5. The Hall–Kier alpha value is 0.0969. The smallest absolute Gasteiger partial charge is 0.192 e. The largest absolute Gasteiger partial charge is 0.411 e. The molecule has 0 aromatic heterocycles. The second-order valence-corrected chi connectivity index (χ2v) is 11.6. The molecule has 1 aliphatic rings. The summed E-state index contributed by atoms with van der Waals surface area (Å²) in [6, 6.07) is 0. The number of aliphatic hydroxyl groups is 1. The zero-order valence-electron chi connectivity index (χ0n) is 12.7. The Balaban J connectivity index is 2.61. The Labute approximate surface area is 113 Å². The molecule has 0 spiro atoms. The molecule has 0 radical (unpaired) electrons. The van der Waals surface area contributed by atoms with Gasteiger partial charge in [0.05, 0.1) is 12.2 Å². The minimum atomic E-state index is -1.72. The van der Waals surface area contributed by atoms with E-state index in [1.54, 1.807) is 0 Å². The van der Waals surface area contributed by atoms with Gasteiger partial charge in [-0.25, -0.2) is 0 Å².